The minimum absolute atomic E-state index is 0. The third-order valence-electron chi connectivity index (χ3n) is 2.12. The lowest BCUT2D eigenvalue weighted by Crippen LogP contribution is -2.49. The summed E-state index contributed by atoms with van der Waals surface area (Å²) in [5.41, 5.74) is 0.817. The van der Waals surface area contributed by atoms with Crippen LogP contribution in [0.3, 0.4) is 0 Å². The molecule has 3 amide bonds. The van der Waals surface area contributed by atoms with E-state index in [1.54, 1.807) is 4.90 Å². The molecule has 4 heteroatoms. The van der Waals surface area contributed by atoms with Crippen LogP contribution in [-0.4, -0.2) is 18.5 Å². The predicted molar refractivity (Wildman–Crippen MR) is 65.4 cm³/mol. The fourth-order valence-corrected chi connectivity index (χ4v) is 1.42. The molecule has 88 valence electrons. The van der Waals surface area contributed by atoms with Crippen molar-refractivity contribution < 1.29 is 11.0 Å². The van der Waals surface area contributed by atoms with Gasteiger partial charge in [0.15, 0.2) is 0 Å². The Bertz CT molecular complexity index is 368. The van der Waals surface area contributed by atoms with Gasteiger partial charge in [-0.3, -0.25) is 15.0 Å². The van der Waals surface area contributed by atoms with Crippen molar-refractivity contribution in [2.24, 2.45) is 0 Å². The van der Waals surface area contributed by atoms with Crippen LogP contribution >= 0.6 is 0 Å². The summed E-state index contributed by atoms with van der Waals surface area (Å²) in [6.07, 6.45) is 0.362. The molecule has 0 spiro atoms. The molecule has 1 aromatic rings. The summed E-state index contributed by atoms with van der Waals surface area (Å²) in [6, 6.07) is 8.95. The Kier molecular flexibility index (Phi) is 4.51. The molecule has 0 bridgehead atoms. The Morgan fingerprint density at radius 3 is 2.38 bits per heavy atom. The topological polar surface area (TPSA) is 49.4 Å². The van der Waals surface area contributed by atoms with Gasteiger partial charge >= 0.3 is 6.03 Å². The van der Waals surface area contributed by atoms with Gasteiger partial charge in [-0.15, -0.1) is 0 Å². The Hall–Kier alpha value is -1.84. The zero-order valence-corrected chi connectivity index (χ0v) is 9.56. The SMILES string of the molecule is CC.O=C1CCN(c2ccccc2)C(=O)N1.[HH]. The van der Waals surface area contributed by atoms with Crippen LogP contribution in [-0.2, 0) is 4.79 Å². The molecule has 0 saturated carbocycles. The van der Waals surface area contributed by atoms with Crippen molar-refractivity contribution in [2.45, 2.75) is 20.3 Å². The van der Waals surface area contributed by atoms with Crippen LogP contribution in [0.15, 0.2) is 30.3 Å². The number of carbonyl (C=O) groups excluding carboxylic acids is 2. The number of anilines is 1. The molecule has 1 fully saturated rings. The molecule has 1 heterocycles. The summed E-state index contributed by atoms with van der Waals surface area (Å²) in [5, 5.41) is 2.28. The summed E-state index contributed by atoms with van der Waals surface area (Å²) < 4.78 is 0. The third kappa shape index (κ3) is 2.82. The van der Waals surface area contributed by atoms with Crippen molar-refractivity contribution in [1.29, 1.82) is 0 Å². The van der Waals surface area contributed by atoms with Gasteiger partial charge in [0.25, 0.3) is 0 Å². The van der Waals surface area contributed by atoms with Gasteiger partial charge in [-0.05, 0) is 12.1 Å². The predicted octanol–water partition coefficient (Wildman–Crippen LogP) is 2.41. The van der Waals surface area contributed by atoms with Gasteiger partial charge < -0.3 is 0 Å². The van der Waals surface area contributed by atoms with Crippen molar-refractivity contribution >= 4 is 17.6 Å². The average Bonchev–Trinajstić information content (AvgIpc) is 2.33. The number of nitrogens with zero attached hydrogens (tertiary/aromatic N) is 1. The molecular formula is C12H18N2O2. The number of nitrogens with one attached hydrogen (secondary N) is 1. The first-order valence-electron chi connectivity index (χ1n) is 5.44. The molecule has 2 rings (SSSR count). The fraction of sp³-hybridized carbons (Fsp3) is 0.333. The average molecular weight is 222 g/mol. The molecule has 1 saturated heterocycles. The van der Waals surface area contributed by atoms with Crippen LogP contribution in [0.4, 0.5) is 10.5 Å². The van der Waals surface area contributed by atoms with E-state index in [2.05, 4.69) is 5.32 Å². The van der Waals surface area contributed by atoms with E-state index in [-0.39, 0.29) is 13.4 Å². The maximum Gasteiger partial charge on any atom is 0.328 e. The Balaban J connectivity index is 0.000000811. The Morgan fingerprint density at radius 1 is 1.19 bits per heavy atom. The van der Waals surface area contributed by atoms with Crippen LogP contribution in [0, 0.1) is 0 Å². The van der Waals surface area contributed by atoms with Gasteiger partial charge in [-0.25, -0.2) is 4.79 Å². The molecule has 0 unspecified atom stereocenters. The van der Waals surface area contributed by atoms with Gasteiger partial charge in [-0.1, -0.05) is 32.0 Å². The minimum Gasteiger partial charge on any atom is -0.294 e. The molecule has 1 aliphatic heterocycles. The first-order valence-corrected chi connectivity index (χ1v) is 5.44. The zero-order valence-electron chi connectivity index (χ0n) is 9.56. The van der Waals surface area contributed by atoms with E-state index in [1.165, 1.54) is 0 Å². The van der Waals surface area contributed by atoms with E-state index in [9.17, 15) is 9.59 Å². The molecule has 0 radical (unpaired) electrons. The van der Waals surface area contributed by atoms with Gasteiger partial charge in [0.1, 0.15) is 0 Å². The first kappa shape index (κ1) is 12.2. The van der Waals surface area contributed by atoms with Crippen LogP contribution < -0.4 is 10.2 Å². The van der Waals surface area contributed by atoms with Gasteiger partial charge in [0, 0.05) is 20.1 Å². The van der Waals surface area contributed by atoms with Crippen LogP contribution in [0.1, 0.15) is 21.7 Å². The molecule has 0 aromatic heterocycles. The monoisotopic (exact) mass is 222 g/mol. The van der Waals surface area contributed by atoms with Crippen molar-refractivity contribution in [3.05, 3.63) is 30.3 Å². The molecule has 0 atom stereocenters. The van der Waals surface area contributed by atoms with E-state index in [0.717, 1.165) is 5.69 Å². The number of hydrogen-bond donors (Lipinski definition) is 1. The lowest BCUT2D eigenvalue weighted by atomic mass is 10.2. The van der Waals surface area contributed by atoms with Crippen LogP contribution in [0.5, 0.6) is 0 Å². The maximum atomic E-state index is 11.4. The number of benzene rings is 1. The Labute approximate surface area is 96.7 Å². The van der Waals surface area contributed by atoms with Gasteiger partial charge in [-0.2, -0.15) is 0 Å². The highest BCUT2D eigenvalue weighted by Gasteiger charge is 2.23. The van der Waals surface area contributed by atoms with Crippen molar-refractivity contribution in [3.8, 4) is 0 Å². The number of hydrogen-bond acceptors (Lipinski definition) is 2. The Morgan fingerprint density at radius 2 is 1.81 bits per heavy atom. The fourth-order valence-electron chi connectivity index (χ4n) is 1.42. The molecule has 4 nitrogen and oxygen atoms in total. The molecule has 0 aliphatic carbocycles. The third-order valence-corrected chi connectivity index (χ3v) is 2.12. The second kappa shape index (κ2) is 5.90. The normalized spacial score (nSPS) is 15.0. The number of urea groups is 1. The maximum absolute atomic E-state index is 11.4. The van der Waals surface area contributed by atoms with Crippen molar-refractivity contribution in [1.82, 2.24) is 5.32 Å². The smallest absolute Gasteiger partial charge is 0.294 e. The molecule has 16 heavy (non-hydrogen) atoms. The number of rotatable bonds is 1. The van der Waals surface area contributed by atoms with E-state index in [0.29, 0.717) is 13.0 Å². The standard InChI is InChI=1S/C10H10N2O2.C2H6.H2/c13-9-6-7-12(10(14)11-9)8-4-2-1-3-5-8;1-2;/h1-5H,6-7H2,(H,11,13,14);1-2H3;1H. The number of carbonyl (C=O) groups is 2. The van der Waals surface area contributed by atoms with Crippen LogP contribution in [0.25, 0.3) is 0 Å². The molecule has 1 aromatic carbocycles. The zero-order chi connectivity index (χ0) is 12.0. The van der Waals surface area contributed by atoms with E-state index in [4.69, 9.17) is 0 Å². The summed E-state index contributed by atoms with van der Waals surface area (Å²) in [6.45, 7) is 4.45. The second-order valence-electron chi connectivity index (χ2n) is 3.09. The summed E-state index contributed by atoms with van der Waals surface area (Å²) >= 11 is 0. The minimum atomic E-state index is -0.340. The first-order chi connectivity index (χ1) is 7.77. The largest absolute Gasteiger partial charge is 0.328 e. The van der Waals surface area contributed by atoms with Gasteiger partial charge in [0.05, 0.1) is 0 Å². The quantitative estimate of drug-likeness (QED) is 0.793. The highest BCUT2D eigenvalue weighted by atomic mass is 16.2. The van der Waals surface area contributed by atoms with E-state index < -0.39 is 0 Å². The molecular weight excluding hydrogens is 204 g/mol. The number of amides is 3. The number of para-hydroxylation sites is 1. The summed E-state index contributed by atoms with van der Waals surface area (Å²) in [4.78, 5) is 23.8. The van der Waals surface area contributed by atoms with Crippen LogP contribution in [0.2, 0.25) is 0 Å². The summed E-state index contributed by atoms with van der Waals surface area (Å²) in [7, 11) is 0. The van der Waals surface area contributed by atoms with Crippen molar-refractivity contribution in [3.63, 3.8) is 0 Å². The van der Waals surface area contributed by atoms with Gasteiger partial charge in [0.2, 0.25) is 5.91 Å². The lowest BCUT2D eigenvalue weighted by Gasteiger charge is -2.26. The second-order valence-corrected chi connectivity index (χ2v) is 3.09. The number of imide groups is 1. The van der Waals surface area contributed by atoms with Crippen molar-refractivity contribution in [2.75, 3.05) is 11.4 Å². The lowest BCUT2D eigenvalue weighted by molar-refractivity contribution is -0.120. The van der Waals surface area contributed by atoms with E-state index in [1.807, 2.05) is 44.2 Å². The highest BCUT2D eigenvalue weighted by Crippen LogP contribution is 2.15. The highest BCUT2D eigenvalue weighted by molar-refractivity contribution is 6.05. The van der Waals surface area contributed by atoms with E-state index >= 15 is 0 Å². The molecule has 1 N–H and O–H groups in total. The molecule has 1 aliphatic rings. The summed E-state index contributed by atoms with van der Waals surface area (Å²) in [5.74, 6) is -0.206.